The van der Waals surface area contributed by atoms with Gasteiger partial charge in [-0.1, -0.05) is 44.2 Å². The number of nitrogens with one attached hydrogen (secondary N) is 1. The molecule has 0 aliphatic heterocycles. The van der Waals surface area contributed by atoms with Crippen molar-refractivity contribution >= 4 is 11.9 Å². The number of rotatable bonds is 9. The van der Waals surface area contributed by atoms with Gasteiger partial charge in [0.05, 0.1) is 5.69 Å². The number of aromatic nitrogens is 2. The van der Waals surface area contributed by atoms with E-state index in [4.69, 9.17) is 0 Å². The minimum Gasteiger partial charge on any atom is -0.480 e. The van der Waals surface area contributed by atoms with Crippen LogP contribution in [0.4, 0.5) is 0 Å². The van der Waals surface area contributed by atoms with Crippen LogP contribution in [0.3, 0.4) is 0 Å². The van der Waals surface area contributed by atoms with Crippen LogP contribution in [0, 0.1) is 19.8 Å². The van der Waals surface area contributed by atoms with E-state index >= 15 is 0 Å². The van der Waals surface area contributed by atoms with Crippen LogP contribution in [-0.4, -0.2) is 32.8 Å². The zero-order chi connectivity index (χ0) is 20.0. The Morgan fingerprint density at radius 3 is 2.44 bits per heavy atom. The van der Waals surface area contributed by atoms with Crippen LogP contribution in [0.25, 0.3) is 0 Å². The van der Waals surface area contributed by atoms with E-state index in [1.165, 1.54) is 0 Å². The maximum Gasteiger partial charge on any atom is 0.326 e. The van der Waals surface area contributed by atoms with Crippen LogP contribution in [0.5, 0.6) is 0 Å². The average Bonchev–Trinajstić information content (AvgIpc) is 2.86. The Balaban J connectivity index is 1.96. The molecule has 0 spiro atoms. The van der Waals surface area contributed by atoms with Crippen LogP contribution in [-0.2, 0) is 29.0 Å². The van der Waals surface area contributed by atoms with Gasteiger partial charge in [-0.3, -0.25) is 9.48 Å². The van der Waals surface area contributed by atoms with Crippen LogP contribution in [0.1, 0.15) is 42.8 Å². The topological polar surface area (TPSA) is 84.2 Å². The monoisotopic (exact) mass is 371 g/mol. The number of benzene rings is 1. The smallest absolute Gasteiger partial charge is 0.326 e. The third-order valence-corrected chi connectivity index (χ3v) is 4.59. The summed E-state index contributed by atoms with van der Waals surface area (Å²) in [5.74, 6) is -0.786. The van der Waals surface area contributed by atoms with E-state index in [0.717, 1.165) is 29.1 Å². The lowest BCUT2D eigenvalue weighted by Gasteiger charge is -2.15. The predicted molar refractivity (Wildman–Crippen MR) is 105 cm³/mol. The van der Waals surface area contributed by atoms with Gasteiger partial charge >= 0.3 is 5.97 Å². The lowest BCUT2D eigenvalue weighted by Crippen LogP contribution is -2.42. The van der Waals surface area contributed by atoms with Gasteiger partial charge in [-0.05, 0) is 37.3 Å². The maximum absolute atomic E-state index is 12.3. The molecule has 1 amide bonds. The Labute approximate surface area is 160 Å². The van der Waals surface area contributed by atoms with Gasteiger partial charge in [-0.25, -0.2) is 4.79 Å². The second-order valence-electron chi connectivity index (χ2n) is 7.37. The molecule has 2 N–H and O–H groups in total. The van der Waals surface area contributed by atoms with Gasteiger partial charge in [-0.15, -0.1) is 0 Å². The molecule has 2 aromatic rings. The van der Waals surface area contributed by atoms with Crippen molar-refractivity contribution in [3.8, 4) is 0 Å². The summed E-state index contributed by atoms with van der Waals surface area (Å²) in [7, 11) is 0. The molecule has 0 fully saturated rings. The largest absolute Gasteiger partial charge is 0.480 e. The van der Waals surface area contributed by atoms with Gasteiger partial charge < -0.3 is 10.4 Å². The third kappa shape index (κ3) is 5.94. The first-order chi connectivity index (χ1) is 12.8. The van der Waals surface area contributed by atoms with Crippen molar-refractivity contribution in [1.29, 1.82) is 0 Å². The van der Waals surface area contributed by atoms with Crippen molar-refractivity contribution < 1.29 is 14.7 Å². The standard InChI is InChI=1S/C21H29N3O3/c1-14(2)13-24-16(4)18(15(3)23-24)10-11-20(25)22-19(21(26)27)12-17-8-6-5-7-9-17/h5-9,14,19H,10-13H2,1-4H3,(H,22,25)(H,26,27). The molecule has 0 aliphatic rings. The highest BCUT2D eigenvalue weighted by Gasteiger charge is 2.21. The lowest BCUT2D eigenvalue weighted by atomic mass is 10.0. The number of amides is 1. The predicted octanol–water partition coefficient (Wildman–Crippen LogP) is 2.90. The molecular weight excluding hydrogens is 342 g/mol. The minimum absolute atomic E-state index is 0.244. The number of nitrogens with zero attached hydrogens (tertiary/aromatic N) is 2. The van der Waals surface area contributed by atoms with E-state index in [0.29, 0.717) is 12.3 Å². The van der Waals surface area contributed by atoms with E-state index in [9.17, 15) is 14.7 Å². The number of carboxylic acid groups (broad SMARTS) is 1. The van der Waals surface area contributed by atoms with E-state index < -0.39 is 12.0 Å². The fourth-order valence-corrected chi connectivity index (χ4v) is 3.17. The van der Waals surface area contributed by atoms with Crippen molar-refractivity contribution in [2.24, 2.45) is 5.92 Å². The molecule has 6 heteroatoms. The summed E-state index contributed by atoms with van der Waals surface area (Å²) in [6.07, 6.45) is 1.07. The van der Waals surface area contributed by atoms with Gasteiger partial charge in [-0.2, -0.15) is 5.10 Å². The molecule has 0 radical (unpaired) electrons. The molecule has 1 unspecified atom stereocenters. The normalized spacial score (nSPS) is 12.2. The fraction of sp³-hybridized carbons (Fsp3) is 0.476. The molecule has 0 saturated heterocycles. The Morgan fingerprint density at radius 2 is 1.85 bits per heavy atom. The highest BCUT2D eigenvalue weighted by molar-refractivity contribution is 5.83. The summed E-state index contributed by atoms with van der Waals surface area (Å²) < 4.78 is 1.99. The SMILES string of the molecule is Cc1nn(CC(C)C)c(C)c1CCC(=O)NC(Cc1ccccc1)C(=O)O. The Morgan fingerprint density at radius 1 is 1.19 bits per heavy atom. The van der Waals surface area contributed by atoms with Crippen molar-refractivity contribution in [3.05, 3.63) is 52.8 Å². The van der Waals surface area contributed by atoms with E-state index in [2.05, 4.69) is 24.3 Å². The quantitative estimate of drug-likeness (QED) is 0.710. The van der Waals surface area contributed by atoms with Gasteiger partial charge in [0.2, 0.25) is 5.91 Å². The molecular formula is C21H29N3O3. The second-order valence-corrected chi connectivity index (χ2v) is 7.37. The number of carbonyl (C=O) groups excluding carboxylic acids is 1. The molecule has 1 atom stereocenters. The summed E-state index contributed by atoms with van der Waals surface area (Å²) >= 11 is 0. The van der Waals surface area contributed by atoms with E-state index in [1.807, 2.05) is 48.9 Å². The summed E-state index contributed by atoms with van der Waals surface area (Å²) in [5.41, 5.74) is 3.96. The van der Waals surface area contributed by atoms with Crippen LogP contribution in [0.15, 0.2) is 30.3 Å². The average molecular weight is 371 g/mol. The number of hydrogen-bond donors (Lipinski definition) is 2. The third-order valence-electron chi connectivity index (χ3n) is 4.59. The lowest BCUT2D eigenvalue weighted by molar-refractivity contribution is -0.141. The summed E-state index contributed by atoms with van der Waals surface area (Å²) in [6, 6.07) is 8.38. The van der Waals surface area contributed by atoms with Gasteiger partial charge in [0, 0.05) is 25.1 Å². The summed E-state index contributed by atoms with van der Waals surface area (Å²) in [5, 5.41) is 16.6. The molecule has 146 valence electrons. The molecule has 1 heterocycles. The molecule has 1 aromatic carbocycles. The molecule has 27 heavy (non-hydrogen) atoms. The Bertz CT molecular complexity index is 781. The van der Waals surface area contributed by atoms with Crippen molar-refractivity contribution in [3.63, 3.8) is 0 Å². The highest BCUT2D eigenvalue weighted by atomic mass is 16.4. The van der Waals surface area contributed by atoms with Crippen LogP contribution in [0.2, 0.25) is 0 Å². The first kappa shape index (κ1) is 20.7. The van der Waals surface area contributed by atoms with Crippen molar-refractivity contribution in [1.82, 2.24) is 15.1 Å². The summed E-state index contributed by atoms with van der Waals surface area (Å²) in [6.45, 7) is 9.10. The number of aryl methyl sites for hydroxylation is 1. The van der Waals surface area contributed by atoms with Crippen LogP contribution >= 0.6 is 0 Å². The number of carbonyl (C=O) groups is 2. The van der Waals surface area contributed by atoms with Gasteiger partial charge in [0.15, 0.2) is 0 Å². The first-order valence-electron chi connectivity index (χ1n) is 9.37. The zero-order valence-electron chi connectivity index (χ0n) is 16.5. The van der Waals surface area contributed by atoms with Crippen LogP contribution < -0.4 is 5.32 Å². The molecule has 1 aromatic heterocycles. The van der Waals surface area contributed by atoms with Crippen molar-refractivity contribution in [2.75, 3.05) is 0 Å². The van der Waals surface area contributed by atoms with E-state index in [1.54, 1.807) is 0 Å². The Kier molecular flexibility index (Phi) is 7.16. The number of aliphatic carboxylic acids is 1. The summed E-state index contributed by atoms with van der Waals surface area (Å²) in [4.78, 5) is 23.8. The first-order valence-corrected chi connectivity index (χ1v) is 9.37. The van der Waals surface area contributed by atoms with Gasteiger partial charge in [0.25, 0.3) is 0 Å². The molecule has 0 bridgehead atoms. The second kappa shape index (κ2) is 9.35. The number of hydrogen-bond acceptors (Lipinski definition) is 3. The maximum atomic E-state index is 12.3. The van der Waals surface area contributed by atoms with Gasteiger partial charge in [0.1, 0.15) is 6.04 Å². The molecule has 2 rings (SSSR count). The molecule has 6 nitrogen and oxygen atoms in total. The Hall–Kier alpha value is -2.63. The highest BCUT2D eigenvalue weighted by Crippen LogP contribution is 2.16. The zero-order valence-corrected chi connectivity index (χ0v) is 16.5. The molecule has 0 aliphatic carbocycles. The fourth-order valence-electron chi connectivity index (χ4n) is 3.17. The van der Waals surface area contributed by atoms with Crippen molar-refractivity contribution in [2.45, 2.75) is 59.5 Å². The minimum atomic E-state index is -1.02. The number of carboxylic acids is 1. The van der Waals surface area contributed by atoms with E-state index in [-0.39, 0.29) is 18.7 Å². The molecule has 0 saturated carbocycles.